The van der Waals surface area contributed by atoms with E-state index in [1.165, 1.54) is 19.3 Å². The molecule has 1 aromatic rings. The van der Waals surface area contributed by atoms with Gasteiger partial charge in [-0.25, -0.2) is 4.98 Å². The number of pyridine rings is 1. The Morgan fingerprint density at radius 3 is 2.83 bits per heavy atom. The molecule has 1 saturated carbocycles. The fourth-order valence-electron chi connectivity index (χ4n) is 2.59. The van der Waals surface area contributed by atoms with Crippen LogP contribution in [-0.2, 0) is 0 Å². The third-order valence-electron chi connectivity index (χ3n) is 4.01. The second kappa shape index (κ2) is 5.65. The van der Waals surface area contributed by atoms with Gasteiger partial charge in [0.1, 0.15) is 10.8 Å². The fraction of sp³-hybridized carbons (Fsp3) is 0.571. The summed E-state index contributed by atoms with van der Waals surface area (Å²) in [7, 11) is 0. The van der Waals surface area contributed by atoms with E-state index in [-0.39, 0.29) is 0 Å². The van der Waals surface area contributed by atoms with Crippen molar-refractivity contribution in [3.63, 3.8) is 0 Å². The number of nitrogens with two attached hydrogens (primary N) is 1. The molecule has 4 heteroatoms. The molecule has 18 heavy (non-hydrogen) atoms. The first-order valence-electron chi connectivity index (χ1n) is 6.59. The second-order valence-electron chi connectivity index (χ2n) is 5.37. The summed E-state index contributed by atoms with van der Waals surface area (Å²) >= 11 is 5.06. The third-order valence-corrected chi connectivity index (χ3v) is 4.23. The monoisotopic (exact) mass is 263 g/mol. The van der Waals surface area contributed by atoms with Crippen molar-refractivity contribution in [2.24, 2.45) is 17.6 Å². The second-order valence-corrected chi connectivity index (χ2v) is 5.81. The van der Waals surface area contributed by atoms with Crippen LogP contribution in [0.3, 0.4) is 0 Å². The van der Waals surface area contributed by atoms with Crippen molar-refractivity contribution in [3.8, 4) is 0 Å². The van der Waals surface area contributed by atoms with Gasteiger partial charge in [-0.05, 0) is 43.2 Å². The molecule has 0 spiro atoms. The zero-order chi connectivity index (χ0) is 13.1. The maximum Gasteiger partial charge on any atom is 0.136 e. The molecule has 1 heterocycles. The Morgan fingerprint density at radius 2 is 2.17 bits per heavy atom. The van der Waals surface area contributed by atoms with Gasteiger partial charge in [0.05, 0.1) is 5.56 Å². The fourth-order valence-corrected chi connectivity index (χ4v) is 2.76. The van der Waals surface area contributed by atoms with Gasteiger partial charge in [-0.15, -0.1) is 0 Å². The lowest BCUT2D eigenvalue weighted by Gasteiger charge is -2.33. The number of hydrogen-bond donors (Lipinski definition) is 2. The lowest BCUT2D eigenvalue weighted by atomic mass is 9.79. The molecule has 2 rings (SSSR count). The van der Waals surface area contributed by atoms with Gasteiger partial charge in [0.25, 0.3) is 0 Å². The summed E-state index contributed by atoms with van der Waals surface area (Å²) in [6, 6.07) is 4.27. The summed E-state index contributed by atoms with van der Waals surface area (Å²) in [4.78, 5) is 4.76. The molecule has 0 radical (unpaired) electrons. The molecule has 1 aliphatic carbocycles. The Labute approximate surface area is 114 Å². The van der Waals surface area contributed by atoms with Crippen molar-refractivity contribution >= 4 is 23.0 Å². The molecular formula is C14H21N3S. The van der Waals surface area contributed by atoms with Crippen molar-refractivity contribution in [1.82, 2.24) is 4.98 Å². The first-order chi connectivity index (χ1) is 8.58. The molecule has 1 fully saturated rings. The predicted octanol–water partition coefficient (Wildman–Crippen LogP) is 2.95. The number of nitrogens with zero attached hydrogens (tertiary/aromatic N) is 1. The Bertz CT molecular complexity index is 433. The van der Waals surface area contributed by atoms with Gasteiger partial charge in [0.15, 0.2) is 0 Å². The predicted molar refractivity (Wildman–Crippen MR) is 79.7 cm³/mol. The summed E-state index contributed by atoms with van der Waals surface area (Å²) in [5.74, 6) is 2.41. The van der Waals surface area contributed by atoms with Crippen LogP contribution in [0.25, 0.3) is 0 Å². The van der Waals surface area contributed by atoms with E-state index >= 15 is 0 Å². The highest BCUT2D eigenvalue weighted by molar-refractivity contribution is 7.80. The average Bonchev–Trinajstić information content (AvgIpc) is 2.34. The summed E-state index contributed by atoms with van der Waals surface area (Å²) in [6.07, 6.45) is 5.43. The van der Waals surface area contributed by atoms with Gasteiger partial charge in [-0.2, -0.15) is 0 Å². The van der Waals surface area contributed by atoms with E-state index in [1.807, 2.05) is 12.1 Å². The van der Waals surface area contributed by atoms with Crippen LogP contribution in [0, 0.1) is 11.8 Å². The first kappa shape index (κ1) is 13.3. The van der Waals surface area contributed by atoms with Crippen LogP contribution in [-0.4, -0.2) is 16.0 Å². The molecule has 3 unspecified atom stereocenters. The molecule has 0 aromatic carbocycles. The summed E-state index contributed by atoms with van der Waals surface area (Å²) in [6.45, 7) is 4.66. The maximum absolute atomic E-state index is 5.72. The average molecular weight is 263 g/mol. The standard InChI is InChI=1S/C14H21N3S/c1-9-5-6-11(8-10(9)2)17-14-12(13(15)18)4-3-7-16-14/h3-4,7,9-11H,5-6,8H2,1-2H3,(H2,15,18)(H,16,17). The van der Waals surface area contributed by atoms with Gasteiger partial charge in [0, 0.05) is 12.2 Å². The molecule has 98 valence electrons. The lowest BCUT2D eigenvalue weighted by molar-refractivity contribution is 0.260. The van der Waals surface area contributed by atoms with Gasteiger partial charge in [-0.1, -0.05) is 26.1 Å². The van der Waals surface area contributed by atoms with E-state index in [4.69, 9.17) is 18.0 Å². The lowest BCUT2D eigenvalue weighted by Crippen LogP contribution is -2.31. The third kappa shape index (κ3) is 2.99. The molecule has 3 nitrogen and oxygen atoms in total. The normalized spacial score (nSPS) is 27.8. The van der Waals surface area contributed by atoms with Crippen molar-refractivity contribution in [2.75, 3.05) is 5.32 Å². The molecule has 0 bridgehead atoms. The van der Waals surface area contributed by atoms with Crippen molar-refractivity contribution in [3.05, 3.63) is 23.9 Å². The topological polar surface area (TPSA) is 50.9 Å². The van der Waals surface area contributed by atoms with E-state index in [9.17, 15) is 0 Å². The van der Waals surface area contributed by atoms with Crippen LogP contribution in [0.2, 0.25) is 0 Å². The summed E-state index contributed by atoms with van der Waals surface area (Å²) in [5, 5.41) is 3.50. The highest BCUT2D eigenvalue weighted by Gasteiger charge is 2.25. The van der Waals surface area contributed by atoms with Crippen molar-refractivity contribution in [1.29, 1.82) is 0 Å². The number of aromatic nitrogens is 1. The quantitative estimate of drug-likeness (QED) is 0.823. The van der Waals surface area contributed by atoms with Crippen LogP contribution in [0.5, 0.6) is 0 Å². The molecule has 0 aliphatic heterocycles. The molecule has 3 N–H and O–H groups in total. The van der Waals surface area contributed by atoms with Crippen LogP contribution >= 0.6 is 12.2 Å². The molecule has 0 amide bonds. The van der Waals surface area contributed by atoms with Crippen LogP contribution in [0.1, 0.15) is 38.7 Å². The number of thiocarbonyl (C=S) groups is 1. The number of hydrogen-bond acceptors (Lipinski definition) is 3. The molecule has 0 saturated heterocycles. The van der Waals surface area contributed by atoms with Gasteiger partial charge < -0.3 is 11.1 Å². The van der Waals surface area contributed by atoms with E-state index in [1.54, 1.807) is 6.20 Å². The Balaban J connectivity index is 2.08. The smallest absolute Gasteiger partial charge is 0.136 e. The first-order valence-corrected chi connectivity index (χ1v) is 7.00. The largest absolute Gasteiger partial charge is 0.389 e. The molecule has 1 aromatic heterocycles. The molecule has 1 aliphatic rings. The van der Waals surface area contributed by atoms with Crippen LogP contribution in [0.15, 0.2) is 18.3 Å². The zero-order valence-electron chi connectivity index (χ0n) is 11.0. The molecular weight excluding hydrogens is 242 g/mol. The summed E-state index contributed by atoms with van der Waals surface area (Å²) < 4.78 is 0. The minimum Gasteiger partial charge on any atom is -0.389 e. The van der Waals surface area contributed by atoms with Gasteiger partial charge >= 0.3 is 0 Å². The Kier molecular flexibility index (Phi) is 4.17. The highest BCUT2D eigenvalue weighted by Crippen LogP contribution is 2.31. The number of nitrogens with one attached hydrogen (secondary N) is 1. The van der Waals surface area contributed by atoms with Gasteiger partial charge in [0.2, 0.25) is 0 Å². The van der Waals surface area contributed by atoms with Crippen molar-refractivity contribution in [2.45, 2.75) is 39.2 Å². The van der Waals surface area contributed by atoms with E-state index in [0.717, 1.165) is 23.2 Å². The minimum absolute atomic E-state index is 0.405. The minimum atomic E-state index is 0.405. The SMILES string of the molecule is CC1CCC(Nc2ncccc2C(N)=S)CC1C. The Hall–Kier alpha value is -1.16. The van der Waals surface area contributed by atoms with Crippen LogP contribution < -0.4 is 11.1 Å². The van der Waals surface area contributed by atoms with Crippen molar-refractivity contribution < 1.29 is 0 Å². The highest BCUT2D eigenvalue weighted by atomic mass is 32.1. The Morgan fingerprint density at radius 1 is 1.39 bits per heavy atom. The zero-order valence-corrected chi connectivity index (χ0v) is 11.8. The number of rotatable bonds is 3. The van der Waals surface area contributed by atoms with Crippen LogP contribution in [0.4, 0.5) is 5.82 Å². The van der Waals surface area contributed by atoms with E-state index in [0.29, 0.717) is 11.0 Å². The molecule has 3 atom stereocenters. The summed E-state index contributed by atoms with van der Waals surface area (Å²) in [5.41, 5.74) is 6.57. The van der Waals surface area contributed by atoms with Gasteiger partial charge in [-0.3, -0.25) is 0 Å². The van der Waals surface area contributed by atoms with E-state index < -0.39 is 0 Å². The maximum atomic E-state index is 5.72. The van der Waals surface area contributed by atoms with E-state index in [2.05, 4.69) is 24.1 Å². The number of anilines is 1.